The molecule has 2 N–H and O–H groups in total. The molecule has 1 heterocycles. The highest BCUT2D eigenvalue weighted by molar-refractivity contribution is 6.13. The Kier molecular flexibility index (Phi) is 5.17. The minimum atomic E-state index is -0.608. The van der Waals surface area contributed by atoms with Crippen molar-refractivity contribution in [2.45, 2.75) is 6.42 Å². The first-order valence-corrected chi connectivity index (χ1v) is 9.27. The van der Waals surface area contributed by atoms with E-state index in [0.717, 1.165) is 5.56 Å². The van der Waals surface area contributed by atoms with E-state index in [4.69, 9.17) is 15.3 Å². The molecular formula is C23H19N3O4. The summed E-state index contributed by atoms with van der Waals surface area (Å²) in [6, 6.07) is 20.7. The molecule has 0 fully saturated rings. The largest absolute Gasteiger partial charge is 0.497 e. The molecule has 1 aliphatic rings. The summed E-state index contributed by atoms with van der Waals surface area (Å²) < 4.78 is 5.14. The maximum absolute atomic E-state index is 12.5. The van der Waals surface area contributed by atoms with Crippen molar-refractivity contribution >= 4 is 29.1 Å². The van der Waals surface area contributed by atoms with Crippen molar-refractivity contribution in [3.8, 4) is 5.75 Å². The van der Waals surface area contributed by atoms with E-state index in [0.29, 0.717) is 40.4 Å². The number of carbonyl (C=O) groups excluding carboxylic acids is 2. The van der Waals surface area contributed by atoms with Gasteiger partial charge in [-0.15, -0.1) is 0 Å². The number of nitrogens with zero attached hydrogens (tertiary/aromatic N) is 2. The van der Waals surface area contributed by atoms with Gasteiger partial charge in [0.1, 0.15) is 5.75 Å². The highest BCUT2D eigenvalue weighted by atomic mass is 16.7. The van der Waals surface area contributed by atoms with Crippen LogP contribution in [-0.2, 0) is 11.3 Å². The number of methoxy groups -OCH3 is 1. The number of nitrogens with two attached hydrogens (primary N) is 1. The van der Waals surface area contributed by atoms with E-state index in [9.17, 15) is 9.59 Å². The van der Waals surface area contributed by atoms with Crippen LogP contribution in [0, 0.1) is 0 Å². The van der Waals surface area contributed by atoms with E-state index < -0.39 is 12.0 Å². The maximum atomic E-state index is 12.5. The molecule has 2 amide bonds. The average Bonchev–Trinajstić information content (AvgIpc) is 2.91. The number of carbonyl (C=O) groups is 2. The minimum absolute atomic E-state index is 0.319. The van der Waals surface area contributed by atoms with Gasteiger partial charge in [0.05, 0.1) is 29.8 Å². The number of primary amides is 1. The van der Waals surface area contributed by atoms with Crippen molar-refractivity contribution in [2.24, 2.45) is 10.9 Å². The van der Waals surface area contributed by atoms with Crippen LogP contribution in [0.3, 0.4) is 0 Å². The number of urea groups is 1. The van der Waals surface area contributed by atoms with Crippen LogP contribution in [-0.4, -0.2) is 24.8 Å². The van der Waals surface area contributed by atoms with Gasteiger partial charge in [-0.05, 0) is 35.9 Å². The number of rotatable bonds is 3. The van der Waals surface area contributed by atoms with Crippen LogP contribution in [0.5, 0.6) is 5.75 Å². The average molecular weight is 401 g/mol. The van der Waals surface area contributed by atoms with Gasteiger partial charge in [-0.25, -0.2) is 9.59 Å². The van der Waals surface area contributed by atoms with Gasteiger partial charge in [-0.3, -0.25) is 4.90 Å². The molecule has 0 aromatic heterocycles. The molecule has 7 nitrogen and oxygen atoms in total. The molecule has 0 aliphatic carbocycles. The molecule has 0 spiro atoms. The summed E-state index contributed by atoms with van der Waals surface area (Å²) in [5.74, 6) is -0.0638. The molecule has 3 aromatic rings. The number of oxime groups is 1. The lowest BCUT2D eigenvalue weighted by Crippen LogP contribution is -2.32. The van der Waals surface area contributed by atoms with Crippen molar-refractivity contribution in [1.29, 1.82) is 0 Å². The Hall–Kier alpha value is -4.13. The number of para-hydroxylation sites is 2. The molecule has 4 rings (SSSR count). The summed E-state index contributed by atoms with van der Waals surface area (Å²) in [5.41, 5.74) is 9.26. The summed E-state index contributed by atoms with van der Waals surface area (Å²) in [6.45, 7) is 0. The first kappa shape index (κ1) is 19.2. The van der Waals surface area contributed by atoms with Gasteiger partial charge in [0, 0.05) is 12.0 Å². The Morgan fingerprint density at radius 3 is 2.47 bits per heavy atom. The van der Waals surface area contributed by atoms with Crippen LogP contribution in [0.4, 0.5) is 16.2 Å². The molecule has 0 atom stereocenters. The fraction of sp³-hybridized carbons (Fsp3) is 0.0870. The van der Waals surface area contributed by atoms with Crippen LogP contribution >= 0.6 is 0 Å². The summed E-state index contributed by atoms with van der Waals surface area (Å²) in [5, 5.41) is 4.16. The van der Waals surface area contributed by atoms with Gasteiger partial charge < -0.3 is 15.3 Å². The molecule has 150 valence electrons. The van der Waals surface area contributed by atoms with Crippen LogP contribution < -0.4 is 15.4 Å². The number of hydrogen-bond donors (Lipinski definition) is 1. The van der Waals surface area contributed by atoms with Crippen molar-refractivity contribution < 1.29 is 19.2 Å². The Morgan fingerprint density at radius 1 is 0.967 bits per heavy atom. The Labute approximate surface area is 173 Å². The second-order valence-electron chi connectivity index (χ2n) is 6.64. The van der Waals surface area contributed by atoms with Crippen molar-refractivity contribution in [3.63, 3.8) is 0 Å². The molecule has 3 aromatic carbocycles. The van der Waals surface area contributed by atoms with E-state index in [1.54, 1.807) is 30.3 Å². The highest BCUT2D eigenvalue weighted by Gasteiger charge is 2.27. The van der Waals surface area contributed by atoms with Gasteiger partial charge in [0.2, 0.25) is 0 Å². The third-order valence-corrected chi connectivity index (χ3v) is 4.81. The van der Waals surface area contributed by atoms with E-state index >= 15 is 0 Å². The molecular weight excluding hydrogens is 382 g/mol. The fourth-order valence-corrected chi connectivity index (χ4v) is 3.41. The zero-order valence-electron chi connectivity index (χ0n) is 16.2. The lowest BCUT2D eigenvalue weighted by atomic mass is 10.0. The quantitative estimate of drug-likeness (QED) is 0.530. The number of benzene rings is 3. The first-order chi connectivity index (χ1) is 14.6. The third kappa shape index (κ3) is 3.60. The summed E-state index contributed by atoms with van der Waals surface area (Å²) in [7, 11) is 1.52. The predicted octanol–water partition coefficient (Wildman–Crippen LogP) is 4.03. The zero-order valence-corrected chi connectivity index (χ0v) is 16.2. The molecule has 0 saturated carbocycles. The highest BCUT2D eigenvalue weighted by Crippen LogP contribution is 2.36. The number of fused-ring (bicyclic) bond motifs is 2. The lowest BCUT2D eigenvalue weighted by Gasteiger charge is -2.22. The second kappa shape index (κ2) is 8.08. The minimum Gasteiger partial charge on any atom is -0.497 e. The molecule has 30 heavy (non-hydrogen) atoms. The molecule has 7 heteroatoms. The normalized spacial score (nSPS) is 13.8. The first-order valence-electron chi connectivity index (χ1n) is 9.27. The third-order valence-electron chi connectivity index (χ3n) is 4.81. The van der Waals surface area contributed by atoms with E-state index in [-0.39, 0.29) is 0 Å². The smallest absolute Gasteiger partial charge is 0.365 e. The van der Waals surface area contributed by atoms with Gasteiger partial charge in [-0.2, -0.15) is 0 Å². The second-order valence-corrected chi connectivity index (χ2v) is 6.64. The monoisotopic (exact) mass is 401 g/mol. The van der Waals surface area contributed by atoms with Crippen LogP contribution in [0.2, 0.25) is 0 Å². The fourth-order valence-electron chi connectivity index (χ4n) is 3.41. The van der Waals surface area contributed by atoms with Crippen LogP contribution in [0.15, 0.2) is 78.0 Å². The van der Waals surface area contributed by atoms with Crippen LogP contribution in [0.25, 0.3) is 0 Å². The predicted molar refractivity (Wildman–Crippen MR) is 113 cm³/mol. The number of hydrogen-bond acceptors (Lipinski definition) is 5. The molecule has 0 bridgehead atoms. The molecule has 1 aliphatic heterocycles. The zero-order chi connectivity index (χ0) is 21.1. The molecule has 0 radical (unpaired) electrons. The van der Waals surface area contributed by atoms with Gasteiger partial charge in [-0.1, -0.05) is 47.6 Å². The summed E-state index contributed by atoms with van der Waals surface area (Å²) in [4.78, 5) is 31.5. The number of ether oxygens (including phenoxy) is 1. The van der Waals surface area contributed by atoms with Gasteiger partial charge in [0.25, 0.3) is 0 Å². The van der Waals surface area contributed by atoms with Crippen LogP contribution in [0.1, 0.15) is 21.5 Å². The maximum Gasteiger partial charge on any atom is 0.365 e. The van der Waals surface area contributed by atoms with Crippen molar-refractivity contribution in [3.05, 3.63) is 89.5 Å². The number of amides is 2. The lowest BCUT2D eigenvalue weighted by molar-refractivity contribution is 0.0515. The van der Waals surface area contributed by atoms with Crippen molar-refractivity contribution in [1.82, 2.24) is 0 Å². The molecule has 0 saturated heterocycles. The Morgan fingerprint density at radius 2 is 1.70 bits per heavy atom. The van der Waals surface area contributed by atoms with Gasteiger partial charge >= 0.3 is 12.0 Å². The summed E-state index contributed by atoms with van der Waals surface area (Å²) >= 11 is 0. The Balaban J connectivity index is 1.75. The summed E-state index contributed by atoms with van der Waals surface area (Å²) in [6.07, 6.45) is 0.363. The SMILES string of the molecule is COc1cccc(C(=O)O/N=C2\Cc3ccccc3N(C(N)=O)c3ccccc32)c1. The van der Waals surface area contributed by atoms with E-state index in [2.05, 4.69) is 5.16 Å². The Bertz CT molecular complexity index is 1160. The van der Waals surface area contributed by atoms with E-state index in [1.807, 2.05) is 42.5 Å². The number of anilines is 2. The van der Waals surface area contributed by atoms with E-state index in [1.165, 1.54) is 12.0 Å². The molecule has 0 unspecified atom stereocenters. The standard InChI is InChI=1S/C23H19N3O4/c1-29-17-9-6-8-16(13-17)22(27)30-25-19-14-15-7-2-4-11-20(15)26(23(24)28)21-12-5-3-10-18(19)21/h2-13H,14H2,1H3,(H2,24,28)/b25-19+. The van der Waals surface area contributed by atoms with Crippen molar-refractivity contribution in [2.75, 3.05) is 12.0 Å². The van der Waals surface area contributed by atoms with Gasteiger partial charge in [0.15, 0.2) is 0 Å². The topological polar surface area (TPSA) is 94.2 Å².